The third-order valence-corrected chi connectivity index (χ3v) is 8.59. The number of rotatable bonds is 9. The van der Waals surface area contributed by atoms with Crippen LogP contribution in [-0.4, -0.2) is 29.2 Å². The van der Waals surface area contributed by atoms with Crippen LogP contribution in [-0.2, 0) is 22.4 Å². The van der Waals surface area contributed by atoms with E-state index in [9.17, 15) is 14.9 Å². The molecule has 0 radical (unpaired) electrons. The van der Waals surface area contributed by atoms with Gasteiger partial charge in [-0.3, -0.25) is 4.79 Å². The van der Waals surface area contributed by atoms with Crippen molar-refractivity contribution in [3.05, 3.63) is 75.3 Å². The summed E-state index contributed by atoms with van der Waals surface area (Å²) in [7, 11) is 0. The number of anilines is 1. The maximum absolute atomic E-state index is 12.9. The number of nitrogens with one attached hydrogen (secondary N) is 1. The van der Waals surface area contributed by atoms with Crippen molar-refractivity contribution in [2.24, 2.45) is 0 Å². The van der Waals surface area contributed by atoms with Crippen molar-refractivity contribution in [1.29, 1.82) is 5.26 Å². The summed E-state index contributed by atoms with van der Waals surface area (Å²) in [6, 6.07) is 16.3. The molecule has 1 amide bonds. The van der Waals surface area contributed by atoms with E-state index in [4.69, 9.17) is 4.74 Å². The Bertz CT molecular complexity index is 1310. The van der Waals surface area contributed by atoms with E-state index < -0.39 is 0 Å². The van der Waals surface area contributed by atoms with Gasteiger partial charge in [0, 0.05) is 22.7 Å². The van der Waals surface area contributed by atoms with Gasteiger partial charge in [-0.25, -0.2) is 9.78 Å². The van der Waals surface area contributed by atoms with Crippen molar-refractivity contribution < 1.29 is 14.3 Å². The molecule has 8 heteroatoms. The number of fused-ring (bicyclic) bond motifs is 1. The number of carbonyl (C=O) groups excluding carboxylic acids is 2. The largest absolute Gasteiger partial charge is 0.462 e. The number of thioether (sulfide) groups is 1. The van der Waals surface area contributed by atoms with Gasteiger partial charge in [0.1, 0.15) is 16.1 Å². The summed E-state index contributed by atoms with van der Waals surface area (Å²) in [4.78, 5) is 31.5. The summed E-state index contributed by atoms with van der Waals surface area (Å²) >= 11 is 2.89. The Morgan fingerprint density at radius 2 is 2.03 bits per heavy atom. The number of ether oxygens (including phenoxy) is 1. The number of benzene rings is 1. The normalized spacial score (nSPS) is 14.6. The quantitative estimate of drug-likeness (QED) is 0.243. The van der Waals surface area contributed by atoms with E-state index >= 15 is 0 Å². The van der Waals surface area contributed by atoms with Gasteiger partial charge in [0.2, 0.25) is 5.91 Å². The van der Waals surface area contributed by atoms with Crippen LogP contribution >= 0.6 is 23.1 Å². The number of amides is 1. The lowest BCUT2D eigenvalue weighted by atomic mass is 9.83. The molecule has 1 aliphatic carbocycles. The molecule has 1 aromatic carbocycles. The molecule has 4 rings (SSSR count). The Labute approximate surface area is 226 Å². The summed E-state index contributed by atoms with van der Waals surface area (Å²) < 4.78 is 5.35. The highest BCUT2D eigenvalue weighted by molar-refractivity contribution is 7.99. The minimum Gasteiger partial charge on any atom is -0.462 e. The summed E-state index contributed by atoms with van der Waals surface area (Å²) in [6.07, 6.45) is 2.81. The standard InChI is InChI=1S/C29H31N3O3S2/c1-4-35-29(34)26-22-12-10-20(19-8-6-5-7-9-19)16-24(22)37-28(26)32-25(33)14-15-36-27-21(17-30)11-13-23(31-27)18(2)3/h5-9,11,13,18,20H,4,10,12,14-16H2,1-3H3,(H,32,33). The van der Waals surface area contributed by atoms with Gasteiger partial charge in [-0.05, 0) is 61.3 Å². The van der Waals surface area contributed by atoms with Crippen LogP contribution in [0, 0.1) is 11.3 Å². The minimum absolute atomic E-state index is 0.172. The molecule has 0 bridgehead atoms. The highest BCUT2D eigenvalue weighted by Crippen LogP contribution is 2.43. The molecule has 2 aromatic heterocycles. The first-order valence-corrected chi connectivity index (χ1v) is 14.4. The van der Waals surface area contributed by atoms with Gasteiger partial charge in [-0.15, -0.1) is 23.1 Å². The fourth-order valence-corrected chi connectivity index (χ4v) is 6.76. The van der Waals surface area contributed by atoms with Crippen LogP contribution in [0.3, 0.4) is 0 Å². The van der Waals surface area contributed by atoms with E-state index in [2.05, 4.69) is 54.5 Å². The maximum Gasteiger partial charge on any atom is 0.341 e. The first kappa shape index (κ1) is 26.9. The summed E-state index contributed by atoms with van der Waals surface area (Å²) in [6.45, 7) is 6.18. The number of pyridine rings is 1. The molecule has 0 saturated carbocycles. The second-order valence-corrected chi connectivity index (χ2v) is 11.5. The fourth-order valence-electron chi connectivity index (χ4n) is 4.50. The predicted molar refractivity (Wildman–Crippen MR) is 148 cm³/mol. The SMILES string of the molecule is CCOC(=O)c1c(NC(=O)CCSc2nc(C(C)C)ccc2C#N)sc2c1CCC(c1ccccc1)C2. The second kappa shape index (κ2) is 12.4. The summed E-state index contributed by atoms with van der Waals surface area (Å²) in [5, 5.41) is 13.6. The van der Waals surface area contributed by atoms with Crippen molar-refractivity contribution in [1.82, 2.24) is 4.98 Å². The fraction of sp³-hybridized carbons (Fsp3) is 0.379. The van der Waals surface area contributed by atoms with Crippen LogP contribution < -0.4 is 5.32 Å². The van der Waals surface area contributed by atoms with E-state index in [-0.39, 0.29) is 30.8 Å². The molecule has 6 nitrogen and oxygen atoms in total. The van der Waals surface area contributed by atoms with Crippen molar-refractivity contribution in [2.75, 3.05) is 17.7 Å². The lowest BCUT2D eigenvalue weighted by molar-refractivity contribution is -0.115. The zero-order chi connectivity index (χ0) is 26.4. The van der Waals surface area contributed by atoms with E-state index in [1.54, 1.807) is 13.0 Å². The molecule has 2 heterocycles. The lowest BCUT2D eigenvalue weighted by Crippen LogP contribution is -2.17. The molecule has 0 saturated heterocycles. The van der Waals surface area contributed by atoms with Crippen LogP contribution in [0.2, 0.25) is 0 Å². The molecule has 0 aliphatic heterocycles. The highest BCUT2D eigenvalue weighted by Gasteiger charge is 2.30. The van der Waals surface area contributed by atoms with E-state index in [0.717, 1.165) is 35.4 Å². The van der Waals surface area contributed by atoms with E-state index in [0.29, 0.717) is 32.8 Å². The van der Waals surface area contributed by atoms with Crippen LogP contribution in [0.1, 0.15) is 83.1 Å². The number of nitriles is 1. The summed E-state index contributed by atoms with van der Waals surface area (Å²) in [5.41, 5.74) is 4.25. The highest BCUT2D eigenvalue weighted by atomic mass is 32.2. The number of hydrogen-bond acceptors (Lipinski definition) is 7. The van der Waals surface area contributed by atoms with Crippen molar-refractivity contribution >= 4 is 40.0 Å². The zero-order valence-corrected chi connectivity index (χ0v) is 23.0. The van der Waals surface area contributed by atoms with E-state index in [1.807, 2.05) is 12.1 Å². The molecule has 0 fully saturated rings. The molecule has 0 spiro atoms. The molecular weight excluding hydrogens is 502 g/mol. The number of hydrogen-bond donors (Lipinski definition) is 1. The number of carbonyl (C=O) groups is 2. The number of thiophene rings is 1. The third-order valence-electron chi connectivity index (χ3n) is 6.43. The summed E-state index contributed by atoms with van der Waals surface area (Å²) in [5.74, 6) is 0.574. The topological polar surface area (TPSA) is 92.1 Å². The smallest absolute Gasteiger partial charge is 0.341 e. The molecule has 3 aromatic rings. The van der Waals surface area contributed by atoms with Gasteiger partial charge in [-0.2, -0.15) is 5.26 Å². The zero-order valence-electron chi connectivity index (χ0n) is 21.4. The van der Waals surface area contributed by atoms with Crippen molar-refractivity contribution in [2.45, 2.75) is 63.3 Å². The van der Waals surface area contributed by atoms with Crippen molar-refractivity contribution in [3.63, 3.8) is 0 Å². The first-order chi connectivity index (χ1) is 17.9. The van der Waals surface area contributed by atoms with Gasteiger partial charge in [-0.1, -0.05) is 44.2 Å². The number of esters is 1. The minimum atomic E-state index is -0.379. The van der Waals surface area contributed by atoms with Crippen LogP contribution in [0.5, 0.6) is 0 Å². The predicted octanol–water partition coefficient (Wildman–Crippen LogP) is 6.71. The van der Waals surface area contributed by atoms with Crippen LogP contribution in [0.15, 0.2) is 47.5 Å². The number of nitrogens with zero attached hydrogens (tertiary/aromatic N) is 2. The molecule has 37 heavy (non-hydrogen) atoms. The average Bonchev–Trinajstić information content (AvgIpc) is 3.26. The molecule has 192 valence electrons. The number of aromatic nitrogens is 1. The van der Waals surface area contributed by atoms with E-state index in [1.165, 1.54) is 28.7 Å². The molecule has 1 unspecified atom stereocenters. The molecule has 1 N–H and O–H groups in total. The third kappa shape index (κ3) is 6.41. The van der Waals surface area contributed by atoms with Gasteiger partial charge in [0.05, 0.1) is 17.7 Å². The Hall–Kier alpha value is -3.15. The van der Waals surface area contributed by atoms with Gasteiger partial charge < -0.3 is 10.1 Å². The van der Waals surface area contributed by atoms with Crippen molar-refractivity contribution in [3.8, 4) is 6.07 Å². The van der Waals surface area contributed by atoms with Gasteiger partial charge in [0.25, 0.3) is 0 Å². The van der Waals surface area contributed by atoms with Crippen LogP contribution in [0.4, 0.5) is 5.00 Å². The second-order valence-electron chi connectivity index (χ2n) is 9.28. The Morgan fingerprint density at radius 1 is 1.24 bits per heavy atom. The molecule has 1 atom stereocenters. The lowest BCUT2D eigenvalue weighted by Gasteiger charge is -2.23. The monoisotopic (exact) mass is 533 g/mol. The van der Waals surface area contributed by atoms with Gasteiger partial charge in [0.15, 0.2) is 0 Å². The van der Waals surface area contributed by atoms with Crippen LogP contribution in [0.25, 0.3) is 0 Å². The Kier molecular flexibility index (Phi) is 9.01. The Balaban J connectivity index is 1.47. The van der Waals surface area contributed by atoms with Gasteiger partial charge >= 0.3 is 5.97 Å². The molecular formula is C29H31N3O3S2. The maximum atomic E-state index is 12.9. The molecule has 1 aliphatic rings. The Morgan fingerprint density at radius 3 is 2.73 bits per heavy atom. The average molecular weight is 534 g/mol. The first-order valence-electron chi connectivity index (χ1n) is 12.6.